The predicted molar refractivity (Wildman–Crippen MR) is 76.0 cm³/mol. The molecular weight excluding hydrogens is 352 g/mol. The number of rotatable bonds is 3. The summed E-state index contributed by atoms with van der Waals surface area (Å²) in [5.41, 5.74) is 2.15. The molecule has 2 rings (SSSR count). The minimum atomic E-state index is 0.749. The quantitative estimate of drug-likeness (QED) is 0.864. The zero-order valence-corrected chi connectivity index (χ0v) is 12.6. The summed E-state index contributed by atoms with van der Waals surface area (Å²) < 4.78 is 2.12. The third-order valence-corrected chi connectivity index (χ3v) is 4.06. The normalized spacial score (nSPS) is 10.4. The summed E-state index contributed by atoms with van der Waals surface area (Å²) in [4.78, 5) is 4.41. The number of thiazole rings is 1. The molecular formula is C11H10Br2N2S. The van der Waals surface area contributed by atoms with Gasteiger partial charge < -0.3 is 5.32 Å². The molecule has 1 aromatic carbocycles. The summed E-state index contributed by atoms with van der Waals surface area (Å²) in [5.74, 6) is 0. The van der Waals surface area contributed by atoms with Gasteiger partial charge in [0.1, 0.15) is 0 Å². The Balaban J connectivity index is 2.07. The van der Waals surface area contributed by atoms with Crippen molar-refractivity contribution in [3.63, 3.8) is 0 Å². The molecule has 0 fully saturated rings. The number of nitrogens with zero attached hydrogens (tertiary/aromatic N) is 1. The summed E-state index contributed by atoms with van der Waals surface area (Å²) in [6.45, 7) is 2.77. The van der Waals surface area contributed by atoms with Crippen LogP contribution >= 0.6 is 43.2 Å². The molecule has 16 heavy (non-hydrogen) atoms. The average Bonchev–Trinajstić information content (AvgIpc) is 2.66. The maximum atomic E-state index is 4.41. The van der Waals surface area contributed by atoms with Crippen LogP contribution in [0.15, 0.2) is 32.5 Å². The smallest absolute Gasteiger partial charge is 0.0898 e. The topological polar surface area (TPSA) is 24.9 Å². The van der Waals surface area contributed by atoms with Gasteiger partial charge in [0, 0.05) is 20.0 Å². The summed E-state index contributed by atoms with van der Waals surface area (Å²) in [6.07, 6.45) is 0. The lowest BCUT2D eigenvalue weighted by Crippen LogP contribution is -2.00. The first-order valence-electron chi connectivity index (χ1n) is 4.75. The second-order valence-electron chi connectivity index (χ2n) is 3.34. The van der Waals surface area contributed by atoms with Crippen molar-refractivity contribution in [2.75, 3.05) is 5.32 Å². The molecule has 0 amide bonds. The fourth-order valence-corrected chi connectivity index (χ4v) is 2.67. The van der Waals surface area contributed by atoms with E-state index in [1.54, 1.807) is 11.3 Å². The minimum absolute atomic E-state index is 0.749. The van der Waals surface area contributed by atoms with Gasteiger partial charge in [0.05, 0.1) is 17.2 Å². The van der Waals surface area contributed by atoms with Crippen LogP contribution in [-0.4, -0.2) is 4.98 Å². The Hall–Kier alpha value is -0.390. The molecule has 1 N–H and O–H groups in total. The summed E-state index contributed by atoms with van der Waals surface area (Å²) >= 11 is 8.64. The minimum Gasteiger partial charge on any atom is -0.378 e. The van der Waals surface area contributed by atoms with Crippen LogP contribution in [0, 0.1) is 6.92 Å². The van der Waals surface area contributed by atoms with Gasteiger partial charge in [-0.05, 0) is 41.1 Å². The molecule has 0 atom stereocenters. The number of nitrogens with one attached hydrogen (secondary N) is 1. The highest BCUT2D eigenvalue weighted by molar-refractivity contribution is 9.11. The van der Waals surface area contributed by atoms with E-state index in [9.17, 15) is 0 Å². The van der Waals surface area contributed by atoms with E-state index in [4.69, 9.17) is 0 Å². The number of anilines is 1. The molecule has 0 saturated carbocycles. The van der Waals surface area contributed by atoms with Crippen LogP contribution in [0.2, 0.25) is 0 Å². The number of hydrogen-bond donors (Lipinski definition) is 1. The number of hydrogen-bond acceptors (Lipinski definition) is 3. The molecule has 84 valence electrons. The van der Waals surface area contributed by atoms with Crippen molar-refractivity contribution in [1.82, 2.24) is 4.98 Å². The van der Waals surface area contributed by atoms with Crippen molar-refractivity contribution in [3.8, 4) is 0 Å². The lowest BCUT2D eigenvalue weighted by Gasteiger charge is -2.07. The van der Waals surface area contributed by atoms with Gasteiger partial charge in [-0.1, -0.05) is 15.9 Å². The lowest BCUT2D eigenvalue weighted by molar-refractivity contribution is 1.05. The first-order valence-corrected chi connectivity index (χ1v) is 7.21. The van der Waals surface area contributed by atoms with Crippen molar-refractivity contribution >= 4 is 48.9 Å². The van der Waals surface area contributed by atoms with Crippen LogP contribution in [-0.2, 0) is 6.54 Å². The van der Waals surface area contributed by atoms with E-state index in [0.29, 0.717) is 0 Å². The maximum Gasteiger partial charge on any atom is 0.0898 e. The van der Waals surface area contributed by atoms with Gasteiger partial charge in [0.15, 0.2) is 0 Å². The van der Waals surface area contributed by atoms with Crippen LogP contribution in [0.1, 0.15) is 10.7 Å². The molecule has 0 radical (unpaired) electrons. The second-order valence-corrected chi connectivity index (χ2v) is 6.17. The number of aryl methyl sites for hydroxylation is 1. The van der Waals surface area contributed by atoms with E-state index in [1.807, 2.05) is 25.1 Å². The summed E-state index contributed by atoms with van der Waals surface area (Å²) in [6, 6.07) is 6.06. The van der Waals surface area contributed by atoms with Crippen LogP contribution < -0.4 is 5.32 Å². The lowest BCUT2D eigenvalue weighted by atomic mass is 10.3. The van der Waals surface area contributed by atoms with Crippen molar-refractivity contribution < 1.29 is 0 Å². The fourth-order valence-electron chi connectivity index (χ4n) is 1.31. The number of aromatic nitrogens is 1. The van der Waals surface area contributed by atoms with E-state index < -0.39 is 0 Å². The van der Waals surface area contributed by atoms with Gasteiger partial charge in [-0.15, -0.1) is 11.3 Å². The molecule has 0 spiro atoms. The summed E-state index contributed by atoms with van der Waals surface area (Å²) in [7, 11) is 0. The van der Waals surface area contributed by atoms with Crippen molar-refractivity contribution in [2.45, 2.75) is 13.5 Å². The van der Waals surface area contributed by atoms with Crippen molar-refractivity contribution in [1.29, 1.82) is 0 Å². The maximum absolute atomic E-state index is 4.41. The monoisotopic (exact) mass is 360 g/mol. The first kappa shape index (κ1) is 12.1. The largest absolute Gasteiger partial charge is 0.378 e. The standard InChI is InChI=1S/C11H10Br2N2S/c1-7-15-9(6-16-7)5-14-11-4-8(12)2-3-10(11)13/h2-4,6,14H,5H2,1H3. The fraction of sp³-hybridized carbons (Fsp3) is 0.182. The Morgan fingerprint density at radius 2 is 2.19 bits per heavy atom. The molecule has 0 aliphatic rings. The Labute approximate surface area is 115 Å². The molecule has 2 nitrogen and oxygen atoms in total. The zero-order valence-electron chi connectivity index (χ0n) is 8.63. The predicted octanol–water partition coefficient (Wildman–Crippen LogP) is 4.59. The van der Waals surface area contributed by atoms with Crippen LogP contribution in [0.4, 0.5) is 5.69 Å². The van der Waals surface area contributed by atoms with E-state index in [-0.39, 0.29) is 0 Å². The molecule has 2 aromatic rings. The molecule has 0 unspecified atom stereocenters. The van der Waals surface area contributed by atoms with Gasteiger partial charge in [-0.3, -0.25) is 0 Å². The Morgan fingerprint density at radius 3 is 2.88 bits per heavy atom. The van der Waals surface area contributed by atoms with Gasteiger partial charge in [-0.2, -0.15) is 0 Å². The van der Waals surface area contributed by atoms with Crippen LogP contribution in [0.25, 0.3) is 0 Å². The Kier molecular flexibility index (Phi) is 4.00. The van der Waals surface area contributed by atoms with Crippen molar-refractivity contribution in [2.24, 2.45) is 0 Å². The van der Waals surface area contributed by atoms with Crippen molar-refractivity contribution in [3.05, 3.63) is 43.2 Å². The molecule has 0 bridgehead atoms. The summed E-state index contributed by atoms with van der Waals surface area (Å²) in [5, 5.41) is 6.53. The highest BCUT2D eigenvalue weighted by Crippen LogP contribution is 2.26. The average molecular weight is 362 g/mol. The van der Waals surface area contributed by atoms with Crippen LogP contribution in [0.3, 0.4) is 0 Å². The zero-order chi connectivity index (χ0) is 11.5. The van der Waals surface area contributed by atoms with Gasteiger partial charge in [0.25, 0.3) is 0 Å². The molecule has 1 heterocycles. The molecule has 5 heteroatoms. The SMILES string of the molecule is Cc1nc(CNc2cc(Br)ccc2Br)cs1. The van der Waals surface area contributed by atoms with E-state index in [1.165, 1.54) is 0 Å². The van der Waals surface area contributed by atoms with Gasteiger partial charge >= 0.3 is 0 Å². The highest BCUT2D eigenvalue weighted by Gasteiger charge is 2.02. The molecule has 0 aliphatic heterocycles. The Bertz CT molecular complexity index is 496. The third-order valence-electron chi connectivity index (χ3n) is 2.05. The molecule has 0 aliphatic carbocycles. The number of halogens is 2. The molecule has 1 aromatic heterocycles. The number of benzene rings is 1. The second kappa shape index (κ2) is 5.29. The van der Waals surface area contributed by atoms with E-state index >= 15 is 0 Å². The van der Waals surface area contributed by atoms with Gasteiger partial charge in [-0.25, -0.2) is 4.98 Å². The highest BCUT2D eigenvalue weighted by atomic mass is 79.9. The Morgan fingerprint density at radius 1 is 1.38 bits per heavy atom. The molecule has 0 saturated heterocycles. The third kappa shape index (κ3) is 3.06. The van der Waals surface area contributed by atoms with E-state index in [0.717, 1.165) is 31.9 Å². The van der Waals surface area contributed by atoms with Gasteiger partial charge in [0.2, 0.25) is 0 Å². The van der Waals surface area contributed by atoms with E-state index in [2.05, 4.69) is 47.5 Å². The first-order chi connectivity index (χ1) is 7.65. The van der Waals surface area contributed by atoms with Crippen LogP contribution in [0.5, 0.6) is 0 Å².